The van der Waals surface area contributed by atoms with Gasteiger partial charge in [-0.15, -0.1) is 0 Å². The summed E-state index contributed by atoms with van der Waals surface area (Å²) < 4.78 is 10.2. The normalized spacial score (nSPS) is 27.1. The van der Waals surface area contributed by atoms with Crippen molar-refractivity contribution in [3.63, 3.8) is 0 Å². The molecule has 4 nitrogen and oxygen atoms in total. The van der Waals surface area contributed by atoms with E-state index in [1.807, 2.05) is 13.8 Å². The quantitative estimate of drug-likeness (QED) is 0.736. The molecule has 1 aliphatic carbocycles. The Labute approximate surface area is 115 Å². The van der Waals surface area contributed by atoms with Gasteiger partial charge in [0.1, 0.15) is 0 Å². The molecule has 0 bridgehead atoms. The monoisotopic (exact) mass is 268 g/mol. The predicted molar refractivity (Wildman–Crippen MR) is 72.4 cm³/mol. The zero-order chi connectivity index (χ0) is 14.6. The van der Waals surface area contributed by atoms with Gasteiger partial charge in [-0.1, -0.05) is 20.8 Å². The van der Waals surface area contributed by atoms with E-state index >= 15 is 0 Å². The standard InChI is InChI=1S/C15H24O4/c1-6-18-14(16)12-10(4)8-9(3)11(5)13(12)15(17)19-7-2/h9-11H,6-8H2,1-5H3. The molecule has 0 saturated carbocycles. The molecule has 19 heavy (non-hydrogen) atoms. The Morgan fingerprint density at radius 3 is 1.95 bits per heavy atom. The SMILES string of the molecule is CCOC(=O)C1=C(C(=O)OCC)C(C)C(C)CC1C. The lowest BCUT2D eigenvalue weighted by Crippen LogP contribution is -2.32. The van der Waals surface area contributed by atoms with E-state index in [0.29, 0.717) is 30.3 Å². The summed E-state index contributed by atoms with van der Waals surface area (Å²) in [7, 11) is 0. The van der Waals surface area contributed by atoms with Gasteiger partial charge in [-0.3, -0.25) is 0 Å². The maximum atomic E-state index is 12.1. The van der Waals surface area contributed by atoms with Crippen LogP contribution in [0.4, 0.5) is 0 Å². The topological polar surface area (TPSA) is 52.6 Å². The van der Waals surface area contributed by atoms with E-state index in [2.05, 4.69) is 6.92 Å². The van der Waals surface area contributed by atoms with E-state index in [4.69, 9.17) is 9.47 Å². The van der Waals surface area contributed by atoms with Gasteiger partial charge in [-0.25, -0.2) is 9.59 Å². The lowest BCUT2D eigenvalue weighted by atomic mass is 9.72. The molecule has 0 saturated heterocycles. The number of ether oxygens (including phenoxy) is 2. The summed E-state index contributed by atoms with van der Waals surface area (Å²) in [6.45, 7) is 10.2. The highest BCUT2D eigenvalue weighted by molar-refractivity contribution is 6.01. The van der Waals surface area contributed by atoms with Crippen molar-refractivity contribution in [1.82, 2.24) is 0 Å². The van der Waals surface area contributed by atoms with Crippen LogP contribution in [-0.4, -0.2) is 25.2 Å². The first-order chi connectivity index (χ1) is 8.93. The molecule has 1 rings (SSSR count). The first kappa shape index (κ1) is 15.7. The summed E-state index contributed by atoms with van der Waals surface area (Å²) in [5.41, 5.74) is 1.01. The van der Waals surface area contributed by atoms with Crippen LogP contribution in [0.5, 0.6) is 0 Å². The Kier molecular flexibility index (Phi) is 5.58. The van der Waals surface area contributed by atoms with Crippen molar-refractivity contribution in [2.45, 2.75) is 41.0 Å². The van der Waals surface area contributed by atoms with Crippen molar-refractivity contribution in [1.29, 1.82) is 0 Å². The number of esters is 2. The van der Waals surface area contributed by atoms with Crippen LogP contribution in [0.1, 0.15) is 41.0 Å². The minimum absolute atomic E-state index is 0.0228. The summed E-state index contributed by atoms with van der Waals surface area (Å²) in [5.74, 6) is -0.347. The van der Waals surface area contributed by atoms with Crippen LogP contribution in [0.15, 0.2) is 11.1 Å². The van der Waals surface area contributed by atoms with Gasteiger partial charge < -0.3 is 9.47 Å². The van der Waals surface area contributed by atoms with Gasteiger partial charge in [-0.05, 0) is 38.0 Å². The molecule has 1 aliphatic rings. The molecule has 3 unspecified atom stereocenters. The fourth-order valence-electron chi connectivity index (χ4n) is 2.70. The molecule has 0 radical (unpaired) electrons. The zero-order valence-corrected chi connectivity index (χ0v) is 12.5. The maximum absolute atomic E-state index is 12.1. The fraction of sp³-hybridized carbons (Fsp3) is 0.733. The Balaban J connectivity index is 3.23. The van der Waals surface area contributed by atoms with Gasteiger partial charge >= 0.3 is 11.9 Å². The van der Waals surface area contributed by atoms with E-state index in [1.165, 1.54) is 0 Å². The van der Waals surface area contributed by atoms with Gasteiger partial charge in [0.2, 0.25) is 0 Å². The molecule has 108 valence electrons. The molecule has 0 aromatic rings. The van der Waals surface area contributed by atoms with E-state index in [1.54, 1.807) is 13.8 Å². The van der Waals surface area contributed by atoms with Crippen molar-refractivity contribution in [3.05, 3.63) is 11.1 Å². The van der Waals surface area contributed by atoms with Gasteiger partial charge in [0.15, 0.2) is 0 Å². The highest BCUT2D eigenvalue weighted by Crippen LogP contribution is 2.39. The summed E-state index contributed by atoms with van der Waals surface area (Å²) >= 11 is 0. The molecule has 0 aromatic carbocycles. The third kappa shape index (κ3) is 3.37. The zero-order valence-electron chi connectivity index (χ0n) is 12.5. The highest BCUT2D eigenvalue weighted by Gasteiger charge is 2.38. The molecule has 0 N–H and O–H groups in total. The average Bonchev–Trinajstić information content (AvgIpc) is 2.33. The van der Waals surface area contributed by atoms with Crippen molar-refractivity contribution in [2.24, 2.45) is 17.8 Å². The summed E-state index contributed by atoms with van der Waals surface area (Å²) in [6, 6.07) is 0. The van der Waals surface area contributed by atoms with Gasteiger partial charge in [0, 0.05) is 0 Å². The van der Waals surface area contributed by atoms with Crippen molar-refractivity contribution in [2.75, 3.05) is 13.2 Å². The van der Waals surface area contributed by atoms with Gasteiger partial charge in [0.25, 0.3) is 0 Å². The first-order valence-electron chi connectivity index (χ1n) is 7.02. The second-order valence-corrected chi connectivity index (χ2v) is 5.17. The maximum Gasteiger partial charge on any atom is 0.334 e. The number of hydrogen-bond donors (Lipinski definition) is 0. The van der Waals surface area contributed by atoms with Crippen LogP contribution >= 0.6 is 0 Å². The molecule has 0 fully saturated rings. The molecule has 0 aromatic heterocycles. The van der Waals surface area contributed by atoms with Crippen LogP contribution in [0.25, 0.3) is 0 Å². The number of hydrogen-bond acceptors (Lipinski definition) is 4. The third-order valence-electron chi connectivity index (χ3n) is 3.81. The number of rotatable bonds is 4. The highest BCUT2D eigenvalue weighted by atomic mass is 16.5. The first-order valence-corrected chi connectivity index (χ1v) is 7.02. The van der Waals surface area contributed by atoms with Crippen LogP contribution < -0.4 is 0 Å². The molecule has 0 amide bonds. The molecule has 0 spiro atoms. The molecule has 3 atom stereocenters. The smallest absolute Gasteiger partial charge is 0.334 e. The Hall–Kier alpha value is -1.32. The minimum Gasteiger partial charge on any atom is -0.463 e. The van der Waals surface area contributed by atoms with E-state index in [-0.39, 0.29) is 23.8 Å². The number of carbonyl (C=O) groups excluding carboxylic acids is 2. The van der Waals surface area contributed by atoms with Crippen LogP contribution in [-0.2, 0) is 19.1 Å². The van der Waals surface area contributed by atoms with E-state index in [0.717, 1.165) is 6.42 Å². The van der Waals surface area contributed by atoms with Crippen LogP contribution in [0.3, 0.4) is 0 Å². The van der Waals surface area contributed by atoms with E-state index < -0.39 is 0 Å². The van der Waals surface area contributed by atoms with Crippen molar-refractivity contribution < 1.29 is 19.1 Å². The summed E-state index contributed by atoms with van der Waals surface area (Å²) in [4.78, 5) is 24.2. The predicted octanol–water partition coefficient (Wildman–Crippen LogP) is 2.72. The van der Waals surface area contributed by atoms with Crippen molar-refractivity contribution in [3.8, 4) is 0 Å². The average molecular weight is 268 g/mol. The summed E-state index contributed by atoms with van der Waals surface area (Å²) in [5, 5.41) is 0. The Morgan fingerprint density at radius 2 is 1.47 bits per heavy atom. The molecular formula is C15H24O4. The van der Waals surface area contributed by atoms with E-state index in [9.17, 15) is 9.59 Å². The fourth-order valence-corrected chi connectivity index (χ4v) is 2.70. The Morgan fingerprint density at radius 1 is 1.00 bits per heavy atom. The number of carbonyl (C=O) groups is 2. The lowest BCUT2D eigenvalue weighted by molar-refractivity contribution is -0.143. The van der Waals surface area contributed by atoms with Crippen molar-refractivity contribution >= 4 is 11.9 Å². The molecule has 0 heterocycles. The third-order valence-corrected chi connectivity index (χ3v) is 3.81. The van der Waals surface area contributed by atoms with Crippen LogP contribution in [0.2, 0.25) is 0 Å². The van der Waals surface area contributed by atoms with Gasteiger partial charge in [0.05, 0.1) is 24.4 Å². The minimum atomic E-state index is -0.378. The summed E-state index contributed by atoms with van der Waals surface area (Å²) in [6.07, 6.45) is 0.887. The molecule has 4 heteroatoms. The largest absolute Gasteiger partial charge is 0.463 e. The van der Waals surface area contributed by atoms with Crippen LogP contribution in [0, 0.1) is 17.8 Å². The second kappa shape index (κ2) is 6.73. The Bertz CT molecular complexity index is 384. The molecular weight excluding hydrogens is 244 g/mol. The molecule has 0 aliphatic heterocycles. The lowest BCUT2D eigenvalue weighted by Gasteiger charge is -2.33. The second-order valence-electron chi connectivity index (χ2n) is 5.17. The van der Waals surface area contributed by atoms with Gasteiger partial charge in [-0.2, -0.15) is 0 Å².